The summed E-state index contributed by atoms with van der Waals surface area (Å²) < 4.78 is 0. The number of rotatable bonds is 3. The van der Waals surface area contributed by atoms with Crippen LogP contribution in [0.15, 0.2) is 58.3 Å². The van der Waals surface area contributed by atoms with Crippen molar-refractivity contribution in [2.45, 2.75) is 13.0 Å². The monoisotopic (exact) mass is 430 g/mol. The Morgan fingerprint density at radius 3 is 2.61 bits per heavy atom. The Hall–Kier alpha value is -3.03. The van der Waals surface area contributed by atoms with Gasteiger partial charge in [0.05, 0.1) is 16.3 Å². The molecule has 1 atom stereocenters. The van der Waals surface area contributed by atoms with Crippen LogP contribution in [0.4, 0.5) is 5.69 Å². The summed E-state index contributed by atoms with van der Waals surface area (Å²) in [6.45, 7) is 11.6. The number of amidine groups is 1. The third-order valence-electron chi connectivity index (χ3n) is 5.82. The standard InChI is InChI=1S/C24H24N5OS/c1-4-18-14-20-22(31-18)21(17-8-6-5-7-9-17)25-16(2)23-26-19(24(30)29(20)23)15-28-12-10-27(3)11-13-28/h1,4-9,14-16H,10-13H2,2-3H3/b4-1?,19-15-. The number of carbonyl (C=O) groups excluding carboxylic acids is 1. The van der Waals surface area contributed by atoms with Gasteiger partial charge in [-0.15, -0.1) is 11.3 Å². The number of fused-ring (bicyclic) bond motifs is 3. The second-order valence-corrected chi connectivity index (χ2v) is 9.10. The molecular formula is C24H24N5OS. The fraction of sp³-hybridized carbons (Fsp3) is 0.292. The lowest BCUT2D eigenvalue weighted by atomic mass is 10.1. The highest BCUT2D eigenvalue weighted by Crippen LogP contribution is 2.39. The molecule has 1 aromatic heterocycles. The lowest BCUT2D eigenvalue weighted by molar-refractivity contribution is -0.114. The van der Waals surface area contributed by atoms with Crippen LogP contribution in [0.2, 0.25) is 0 Å². The minimum Gasteiger partial charge on any atom is -0.373 e. The molecular weight excluding hydrogens is 406 g/mol. The molecule has 7 heteroatoms. The van der Waals surface area contributed by atoms with Gasteiger partial charge in [0.15, 0.2) is 0 Å². The van der Waals surface area contributed by atoms with Gasteiger partial charge in [0.2, 0.25) is 0 Å². The minimum absolute atomic E-state index is 0.104. The Bertz CT molecular complexity index is 1120. The van der Waals surface area contributed by atoms with E-state index in [1.54, 1.807) is 22.3 Å². The predicted octanol–water partition coefficient (Wildman–Crippen LogP) is 3.27. The number of piperazine rings is 1. The van der Waals surface area contributed by atoms with Gasteiger partial charge in [0.25, 0.3) is 5.91 Å². The first kappa shape index (κ1) is 19.9. The Labute approximate surface area is 186 Å². The highest BCUT2D eigenvalue weighted by Gasteiger charge is 2.39. The number of aliphatic imine (C=N–C) groups is 2. The van der Waals surface area contributed by atoms with Gasteiger partial charge in [-0.3, -0.25) is 14.7 Å². The van der Waals surface area contributed by atoms with E-state index < -0.39 is 0 Å². The summed E-state index contributed by atoms with van der Waals surface area (Å²) >= 11 is 1.55. The van der Waals surface area contributed by atoms with Crippen molar-refractivity contribution in [1.29, 1.82) is 0 Å². The molecule has 0 aliphatic carbocycles. The highest BCUT2D eigenvalue weighted by molar-refractivity contribution is 7.16. The summed E-state index contributed by atoms with van der Waals surface area (Å²) in [7, 11) is 2.11. The van der Waals surface area contributed by atoms with E-state index in [9.17, 15) is 4.79 Å². The molecule has 1 unspecified atom stereocenters. The number of hydrogen-bond acceptors (Lipinski definition) is 6. The second-order valence-electron chi connectivity index (χ2n) is 8.01. The van der Waals surface area contributed by atoms with Gasteiger partial charge >= 0.3 is 0 Å². The van der Waals surface area contributed by atoms with E-state index >= 15 is 0 Å². The smallest absolute Gasteiger partial charge is 0.284 e. The fourth-order valence-corrected chi connectivity index (χ4v) is 5.09. The lowest BCUT2D eigenvalue weighted by Gasteiger charge is -2.31. The molecule has 0 spiro atoms. The first-order valence-corrected chi connectivity index (χ1v) is 11.3. The molecule has 1 amide bonds. The zero-order chi connectivity index (χ0) is 21.5. The number of hydrogen-bond donors (Lipinski definition) is 0. The van der Waals surface area contributed by atoms with E-state index in [-0.39, 0.29) is 11.9 Å². The van der Waals surface area contributed by atoms with Crippen LogP contribution < -0.4 is 4.90 Å². The Kier molecular flexibility index (Phi) is 5.08. The molecule has 5 rings (SSSR count). The largest absolute Gasteiger partial charge is 0.373 e. The third kappa shape index (κ3) is 3.54. The minimum atomic E-state index is -0.248. The van der Waals surface area contributed by atoms with Crippen molar-refractivity contribution in [3.05, 3.63) is 70.2 Å². The maximum absolute atomic E-state index is 13.5. The third-order valence-corrected chi connectivity index (χ3v) is 6.92. The summed E-state index contributed by atoms with van der Waals surface area (Å²) in [6.07, 6.45) is 3.48. The lowest BCUT2D eigenvalue weighted by Crippen LogP contribution is -2.42. The first-order chi connectivity index (χ1) is 15.0. The van der Waals surface area contributed by atoms with Crippen LogP contribution in [-0.2, 0) is 4.79 Å². The molecule has 3 aliphatic heterocycles. The average Bonchev–Trinajstić information content (AvgIpc) is 3.32. The molecule has 1 aromatic carbocycles. The van der Waals surface area contributed by atoms with Crippen LogP contribution in [0.5, 0.6) is 0 Å². The van der Waals surface area contributed by atoms with Crippen LogP contribution >= 0.6 is 11.3 Å². The number of nitrogens with zero attached hydrogens (tertiary/aromatic N) is 5. The fourth-order valence-electron chi connectivity index (χ4n) is 4.09. The number of benzene rings is 1. The van der Waals surface area contributed by atoms with Crippen molar-refractivity contribution in [2.24, 2.45) is 9.98 Å². The highest BCUT2D eigenvalue weighted by atomic mass is 32.1. The average molecular weight is 431 g/mol. The van der Waals surface area contributed by atoms with E-state index in [0.717, 1.165) is 52.9 Å². The summed E-state index contributed by atoms with van der Waals surface area (Å²) in [6, 6.07) is 11.8. The zero-order valence-electron chi connectivity index (χ0n) is 17.7. The molecule has 0 N–H and O–H groups in total. The van der Waals surface area contributed by atoms with Gasteiger partial charge in [0, 0.05) is 42.8 Å². The maximum Gasteiger partial charge on any atom is 0.284 e. The van der Waals surface area contributed by atoms with Gasteiger partial charge in [-0.1, -0.05) is 36.9 Å². The molecule has 1 saturated heterocycles. The molecule has 1 radical (unpaired) electrons. The van der Waals surface area contributed by atoms with Crippen LogP contribution in [0, 0.1) is 6.58 Å². The molecule has 1 fully saturated rings. The topological polar surface area (TPSA) is 51.5 Å². The molecule has 31 heavy (non-hydrogen) atoms. The van der Waals surface area contributed by atoms with Gasteiger partial charge in [0.1, 0.15) is 17.6 Å². The number of amides is 1. The predicted molar refractivity (Wildman–Crippen MR) is 127 cm³/mol. The van der Waals surface area contributed by atoms with Gasteiger partial charge < -0.3 is 9.80 Å². The maximum atomic E-state index is 13.5. The quantitative estimate of drug-likeness (QED) is 0.703. The summed E-state index contributed by atoms with van der Waals surface area (Å²) in [5.74, 6) is 0.562. The molecule has 0 saturated carbocycles. The number of thiophene rings is 1. The summed E-state index contributed by atoms with van der Waals surface area (Å²) in [5, 5.41) is 0. The van der Waals surface area contributed by atoms with Gasteiger partial charge in [-0.2, -0.15) is 0 Å². The van der Waals surface area contributed by atoms with Crippen molar-refractivity contribution in [1.82, 2.24) is 9.80 Å². The van der Waals surface area contributed by atoms with E-state index in [4.69, 9.17) is 16.6 Å². The van der Waals surface area contributed by atoms with Gasteiger partial charge in [-0.05, 0) is 26.1 Å². The molecule has 6 nitrogen and oxygen atoms in total. The number of carbonyl (C=O) groups is 1. The molecule has 2 aromatic rings. The van der Waals surface area contributed by atoms with Crippen molar-refractivity contribution in [3.8, 4) is 0 Å². The van der Waals surface area contributed by atoms with Crippen molar-refractivity contribution >= 4 is 40.6 Å². The van der Waals surface area contributed by atoms with Crippen molar-refractivity contribution < 1.29 is 4.79 Å². The van der Waals surface area contributed by atoms with Crippen LogP contribution in [-0.4, -0.2) is 66.5 Å². The summed E-state index contributed by atoms with van der Waals surface area (Å²) in [5.41, 5.74) is 3.17. The van der Waals surface area contributed by atoms with E-state index in [1.165, 1.54) is 0 Å². The van der Waals surface area contributed by atoms with Crippen molar-refractivity contribution in [2.75, 3.05) is 38.1 Å². The Balaban J connectivity index is 1.60. The van der Waals surface area contributed by atoms with E-state index in [1.807, 2.05) is 49.5 Å². The van der Waals surface area contributed by atoms with Crippen LogP contribution in [0.25, 0.3) is 6.08 Å². The van der Waals surface area contributed by atoms with Crippen LogP contribution in [0.1, 0.15) is 22.2 Å². The van der Waals surface area contributed by atoms with E-state index in [2.05, 4.69) is 16.8 Å². The normalized spacial score (nSPS) is 22.7. The van der Waals surface area contributed by atoms with Crippen LogP contribution in [0.3, 0.4) is 0 Å². The molecule has 3 aliphatic rings. The molecule has 0 bridgehead atoms. The second kappa shape index (κ2) is 7.90. The number of likely N-dealkylation sites (N-methyl/N-ethyl adjacent to an activating group) is 1. The van der Waals surface area contributed by atoms with Gasteiger partial charge in [-0.25, -0.2) is 4.99 Å². The Morgan fingerprint density at radius 2 is 1.90 bits per heavy atom. The Morgan fingerprint density at radius 1 is 1.16 bits per heavy atom. The SMILES string of the molecule is [CH]=Cc1cc2c(s1)C(c1ccccc1)=NC(C)C1=N/C(=C\N3CCN(C)CC3)C(=O)N12. The molecule has 4 heterocycles. The number of anilines is 1. The summed E-state index contributed by atoms with van der Waals surface area (Å²) in [4.78, 5) is 31.3. The molecule has 157 valence electrons. The first-order valence-electron chi connectivity index (χ1n) is 10.4. The zero-order valence-corrected chi connectivity index (χ0v) is 18.5. The van der Waals surface area contributed by atoms with Crippen molar-refractivity contribution in [3.63, 3.8) is 0 Å². The van der Waals surface area contributed by atoms with E-state index in [0.29, 0.717) is 11.5 Å².